The lowest BCUT2D eigenvalue weighted by atomic mass is 9.99. The van der Waals surface area contributed by atoms with E-state index in [0.717, 1.165) is 108 Å². The van der Waals surface area contributed by atoms with Gasteiger partial charge in [-0.2, -0.15) is 0 Å². The second kappa shape index (κ2) is 71.3. The topological polar surface area (TPSA) is 237 Å². The number of hydrogen-bond acceptors (Lipinski definition) is 15. The standard InChI is InChI=1S/C81H158O17P2/c1-8-10-11-12-13-14-34-41-48-55-62-78(83)91-68-76(98-81(86)65-58-51-44-37-30-29-33-40-47-54-61-74(7)9-2)70-95-99(87,88)93-66-75(82)67-94-100(89,90)96-71-77(97-80(85)64-57-50-43-36-28-24-20-16-18-22-26-32-39-46-53-60-73(5)6)69-92-79(84)63-56-49-42-35-27-23-19-15-17-21-25-31-38-45-52-59-72(3)4/h72-77,82H,8-71H2,1-7H3,(H,87,88)(H,89,90)/t74?,75-,76+,77+/m0/s1. The van der Waals surface area contributed by atoms with Gasteiger partial charge in [-0.15, -0.1) is 0 Å². The number of ether oxygens (including phenoxy) is 4. The van der Waals surface area contributed by atoms with Crippen molar-refractivity contribution in [2.45, 2.75) is 439 Å². The van der Waals surface area contributed by atoms with Crippen molar-refractivity contribution in [3.05, 3.63) is 0 Å². The Kier molecular flexibility index (Phi) is 69.9. The number of phosphoric ester groups is 2. The van der Waals surface area contributed by atoms with Crippen LogP contribution in [0.3, 0.4) is 0 Å². The number of esters is 4. The van der Waals surface area contributed by atoms with Crippen LogP contribution in [0.2, 0.25) is 0 Å². The molecule has 0 aliphatic heterocycles. The summed E-state index contributed by atoms with van der Waals surface area (Å²) in [5.41, 5.74) is 0. The Hall–Kier alpha value is -1.94. The fourth-order valence-electron chi connectivity index (χ4n) is 12.5. The minimum absolute atomic E-state index is 0.106. The third-order valence-electron chi connectivity index (χ3n) is 19.2. The van der Waals surface area contributed by atoms with Crippen molar-refractivity contribution >= 4 is 39.5 Å². The molecule has 0 aromatic heterocycles. The highest BCUT2D eigenvalue weighted by molar-refractivity contribution is 7.47. The summed E-state index contributed by atoms with van der Waals surface area (Å²) in [4.78, 5) is 73.0. The highest BCUT2D eigenvalue weighted by Crippen LogP contribution is 2.45. The number of phosphoric acid groups is 2. The molecule has 100 heavy (non-hydrogen) atoms. The van der Waals surface area contributed by atoms with Crippen molar-refractivity contribution < 1.29 is 80.2 Å². The first-order chi connectivity index (χ1) is 48.3. The maximum Gasteiger partial charge on any atom is 0.472 e. The second-order valence-corrected chi connectivity index (χ2v) is 33.3. The van der Waals surface area contributed by atoms with Crippen LogP contribution in [-0.4, -0.2) is 96.7 Å². The van der Waals surface area contributed by atoms with Gasteiger partial charge < -0.3 is 33.8 Å². The van der Waals surface area contributed by atoms with Gasteiger partial charge in [0.05, 0.1) is 26.4 Å². The van der Waals surface area contributed by atoms with E-state index in [1.54, 1.807) is 0 Å². The Balaban J connectivity index is 5.24. The van der Waals surface area contributed by atoms with Crippen LogP contribution in [0, 0.1) is 17.8 Å². The van der Waals surface area contributed by atoms with Crippen LogP contribution in [0.4, 0.5) is 0 Å². The average molecular weight is 1470 g/mol. The molecule has 0 heterocycles. The van der Waals surface area contributed by atoms with Crippen LogP contribution in [0.5, 0.6) is 0 Å². The number of carbonyl (C=O) groups is 4. The lowest BCUT2D eigenvalue weighted by molar-refractivity contribution is -0.161. The van der Waals surface area contributed by atoms with Crippen LogP contribution in [-0.2, 0) is 65.4 Å². The Bertz CT molecular complexity index is 1940. The molecule has 0 saturated heterocycles. The first-order valence-corrected chi connectivity index (χ1v) is 44.9. The van der Waals surface area contributed by atoms with E-state index in [1.165, 1.54) is 231 Å². The van der Waals surface area contributed by atoms with E-state index in [1.807, 2.05) is 0 Å². The van der Waals surface area contributed by atoms with E-state index >= 15 is 0 Å². The van der Waals surface area contributed by atoms with E-state index < -0.39 is 97.5 Å². The molecule has 0 bridgehead atoms. The van der Waals surface area contributed by atoms with Crippen LogP contribution in [0.15, 0.2) is 0 Å². The van der Waals surface area contributed by atoms with Crippen molar-refractivity contribution in [2.75, 3.05) is 39.6 Å². The largest absolute Gasteiger partial charge is 0.472 e. The molecule has 17 nitrogen and oxygen atoms in total. The summed E-state index contributed by atoms with van der Waals surface area (Å²) in [5.74, 6) is 0.302. The number of unbranched alkanes of at least 4 members (excludes halogenated alkanes) is 46. The van der Waals surface area contributed by atoms with Crippen molar-refractivity contribution in [1.29, 1.82) is 0 Å². The van der Waals surface area contributed by atoms with Gasteiger partial charge in [-0.1, -0.05) is 370 Å². The molecule has 0 rings (SSSR count). The average Bonchev–Trinajstić information content (AvgIpc) is 0.942. The highest BCUT2D eigenvalue weighted by atomic mass is 31.2. The number of aliphatic hydroxyl groups excluding tert-OH is 1. The lowest BCUT2D eigenvalue weighted by Crippen LogP contribution is -2.30. The number of rotatable bonds is 79. The van der Waals surface area contributed by atoms with Crippen LogP contribution >= 0.6 is 15.6 Å². The van der Waals surface area contributed by atoms with E-state index in [0.29, 0.717) is 25.7 Å². The summed E-state index contributed by atoms with van der Waals surface area (Å²) >= 11 is 0. The molecule has 0 aromatic carbocycles. The van der Waals surface area contributed by atoms with Crippen LogP contribution in [0.25, 0.3) is 0 Å². The summed E-state index contributed by atoms with van der Waals surface area (Å²) < 4.78 is 68.7. The molecule has 0 amide bonds. The molecule has 0 saturated carbocycles. The second-order valence-electron chi connectivity index (χ2n) is 30.4. The maximum absolute atomic E-state index is 13.1. The van der Waals surface area contributed by atoms with E-state index in [4.69, 9.17) is 37.0 Å². The molecule has 3 N–H and O–H groups in total. The quantitative estimate of drug-likeness (QED) is 0.0222. The monoisotopic (exact) mass is 1470 g/mol. The normalized spacial score (nSPS) is 14.2. The zero-order chi connectivity index (χ0) is 73.7. The smallest absolute Gasteiger partial charge is 0.462 e. The van der Waals surface area contributed by atoms with Gasteiger partial charge in [-0.3, -0.25) is 37.3 Å². The van der Waals surface area contributed by atoms with Gasteiger partial charge in [-0.25, -0.2) is 9.13 Å². The molecule has 6 atom stereocenters. The van der Waals surface area contributed by atoms with Crippen molar-refractivity contribution in [3.8, 4) is 0 Å². The minimum Gasteiger partial charge on any atom is -0.462 e. The molecule has 19 heteroatoms. The Morgan fingerprint density at radius 3 is 0.760 bits per heavy atom. The molecule has 0 fully saturated rings. The predicted molar refractivity (Wildman–Crippen MR) is 409 cm³/mol. The number of carbonyl (C=O) groups excluding carboxylic acids is 4. The number of aliphatic hydroxyl groups is 1. The fourth-order valence-corrected chi connectivity index (χ4v) is 14.0. The lowest BCUT2D eigenvalue weighted by Gasteiger charge is -2.21. The SMILES string of the molecule is CCCCCCCCCCCCC(=O)OC[C@H](COP(=O)(O)OC[C@H](O)COP(=O)(O)OC[C@@H](COC(=O)CCCCCCCCCCCCCCCCCC(C)C)OC(=O)CCCCCCCCCCCCCCCCCC(C)C)OC(=O)CCCCCCCCCCCCC(C)CC. The van der Waals surface area contributed by atoms with Crippen molar-refractivity contribution in [3.63, 3.8) is 0 Å². The maximum atomic E-state index is 13.1. The first kappa shape index (κ1) is 98.1. The van der Waals surface area contributed by atoms with Crippen molar-refractivity contribution in [1.82, 2.24) is 0 Å². The summed E-state index contributed by atoms with van der Waals surface area (Å²) in [6, 6.07) is 0. The summed E-state index contributed by atoms with van der Waals surface area (Å²) in [6.45, 7) is 12.0. The minimum atomic E-state index is -4.96. The summed E-state index contributed by atoms with van der Waals surface area (Å²) in [5, 5.41) is 10.6. The molecule has 0 radical (unpaired) electrons. The molecular weight excluding hydrogens is 1310 g/mol. The molecule has 0 aliphatic carbocycles. The van der Waals surface area contributed by atoms with E-state index in [2.05, 4.69) is 48.5 Å². The van der Waals surface area contributed by atoms with E-state index in [-0.39, 0.29) is 25.7 Å². The van der Waals surface area contributed by atoms with Gasteiger partial charge >= 0.3 is 39.5 Å². The summed E-state index contributed by atoms with van der Waals surface area (Å²) in [7, 11) is -9.92. The molecule has 594 valence electrons. The van der Waals surface area contributed by atoms with Gasteiger partial charge in [-0.05, 0) is 43.4 Å². The fraction of sp³-hybridized carbons (Fsp3) is 0.951. The van der Waals surface area contributed by atoms with Gasteiger partial charge in [0.2, 0.25) is 0 Å². The third kappa shape index (κ3) is 73.0. The third-order valence-corrected chi connectivity index (χ3v) is 21.1. The van der Waals surface area contributed by atoms with Gasteiger partial charge in [0, 0.05) is 25.7 Å². The highest BCUT2D eigenvalue weighted by Gasteiger charge is 2.30. The molecule has 0 aromatic rings. The zero-order valence-electron chi connectivity index (χ0n) is 65.7. The van der Waals surface area contributed by atoms with Gasteiger partial charge in [0.15, 0.2) is 12.2 Å². The van der Waals surface area contributed by atoms with Crippen molar-refractivity contribution in [2.24, 2.45) is 17.8 Å². The molecular formula is C81H158O17P2. The van der Waals surface area contributed by atoms with Gasteiger partial charge in [0.1, 0.15) is 19.3 Å². The first-order valence-electron chi connectivity index (χ1n) is 41.9. The zero-order valence-corrected chi connectivity index (χ0v) is 67.5. The molecule has 0 spiro atoms. The van der Waals surface area contributed by atoms with E-state index in [9.17, 15) is 43.2 Å². The number of hydrogen-bond donors (Lipinski definition) is 3. The Morgan fingerprint density at radius 1 is 0.290 bits per heavy atom. The molecule has 3 unspecified atom stereocenters. The Morgan fingerprint density at radius 2 is 0.510 bits per heavy atom. The van der Waals surface area contributed by atoms with Crippen LogP contribution in [0.1, 0.15) is 421 Å². The van der Waals surface area contributed by atoms with Gasteiger partial charge in [0.25, 0.3) is 0 Å². The summed E-state index contributed by atoms with van der Waals surface area (Å²) in [6.07, 6.45) is 59.5. The Labute approximate surface area is 613 Å². The molecule has 0 aliphatic rings. The van der Waals surface area contributed by atoms with Crippen LogP contribution < -0.4 is 0 Å². The predicted octanol–water partition coefficient (Wildman–Crippen LogP) is 24.1.